The van der Waals surface area contributed by atoms with E-state index in [2.05, 4.69) is 11.6 Å². The van der Waals surface area contributed by atoms with Gasteiger partial charge in [-0.15, -0.1) is 0 Å². The van der Waals surface area contributed by atoms with Crippen LogP contribution in [0.15, 0.2) is 48.6 Å². The van der Waals surface area contributed by atoms with Crippen LogP contribution in [0, 0.1) is 0 Å². The predicted octanol–water partition coefficient (Wildman–Crippen LogP) is 3.03. The number of carbonyl (C=O) groups excluding carboxylic acids is 1. The molecule has 0 saturated carbocycles. The molecule has 0 N–H and O–H groups in total. The number of rotatable bonds is 1. The van der Waals surface area contributed by atoms with Gasteiger partial charge in [0.15, 0.2) is 0 Å². The molecule has 1 aliphatic heterocycles. The maximum absolute atomic E-state index is 12.4. The zero-order chi connectivity index (χ0) is 13.2. The van der Waals surface area contributed by atoms with Gasteiger partial charge in [0, 0.05) is 18.5 Å². The highest BCUT2D eigenvalue weighted by Gasteiger charge is 2.20. The third-order valence-corrected chi connectivity index (χ3v) is 3.58. The van der Waals surface area contributed by atoms with Crippen molar-refractivity contribution in [2.45, 2.75) is 12.8 Å². The summed E-state index contributed by atoms with van der Waals surface area (Å²) < 4.78 is 0. The van der Waals surface area contributed by atoms with E-state index in [4.69, 9.17) is 0 Å². The number of amides is 1. The van der Waals surface area contributed by atoms with E-state index in [1.165, 1.54) is 5.57 Å². The van der Waals surface area contributed by atoms with Gasteiger partial charge in [-0.25, -0.2) is 4.98 Å². The van der Waals surface area contributed by atoms with E-state index in [-0.39, 0.29) is 5.91 Å². The highest BCUT2D eigenvalue weighted by molar-refractivity contribution is 5.95. The van der Waals surface area contributed by atoms with Crippen molar-refractivity contribution in [3.63, 3.8) is 0 Å². The summed E-state index contributed by atoms with van der Waals surface area (Å²) >= 11 is 0. The van der Waals surface area contributed by atoms with E-state index in [1.54, 1.807) is 0 Å². The highest BCUT2D eigenvalue weighted by atomic mass is 16.2. The molecule has 3 rings (SSSR count). The van der Waals surface area contributed by atoms with Crippen molar-refractivity contribution >= 4 is 16.8 Å². The SMILES string of the molecule is C=C1CCN(C(=O)c2ccc3ccccc3n2)CC1. The molecule has 1 aromatic heterocycles. The molecule has 0 unspecified atom stereocenters. The number of likely N-dealkylation sites (tertiary alicyclic amines) is 1. The second kappa shape index (κ2) is 4.84. The van der Waals surface area contributed by atoms with Crippen LogP contribution in [0.4, 0.5) is 0 Å². The molecule has 1 aromatic carbocycles. The molecule has 0 bridgehead atoms. The number of para-hydroxylation sites is 1. The van der Waals surface area contributed by atoms with E-state index >= 15 is 0 Å². The number of hydrogen-bond donors (Lipinski definition) is 0. The quantitative estimate of drug-likeness (QED) is 0.731. The van der Waals surface area contributed by atoms with Gasteiger partial charge in [-0.2, -0.15) is 0 Å². The molecule has 1 saturated heterocycles. The zero-order valence-electron chi connectivity index (χ0n) is 10.8. The van der Waals surface area contributed by atoms with Crippen LogP contribution in [0.25, 0.3) is 10.9 Å². The van der Waals surface area contributed by atoms with Gasteiger partial charge in [0.1, 0.15) is 5.69 Å². The molecule has 0 radical (unpaired) electrons. The summed E-state index contributed by atoms with van der Waals surface area (Å²) in [7, 11) is 0. The average Bonchev–Trinajstić information content (AvgIpc) is 2.47. The molecule has 19 heavy (non-hydrogen) atoms. The number of pyridine rings is 1. The lowest BCUT2D eigenvalue weighted by Crippen LogP contribution is -2.36. The van der Waals surface area contributed by atoms with Crippen LogP contribution in [0.3, 0.4) is 0 Å². The summed E-state index contributed by atoms with van der Waals surface area (Å²) in [6, 6.07) is 11.6. The smallest absolute Gasteiger partial charge is 0.272 e. The molecule has 3 heteroatoms. The number of piperidine rings is 1. The number of aromatic nitrogens is 1. The molecule has 1 aliphatic rings. The summed E-state index contributed by atoms with van der Waals surface area (Å²) in [5.74, 6) is 0.0262. The predicted molar refractivity (Wildman–Crippen MR) is 76.0 cm³/mol. The van der Waals surface area contributed by atoms with Crippen LogP contribution in [0.2, 0.25) is 0 Å². The number of fused-ring (bicyclic) bond motifs is 1. The third kappa shape index (κ3) is 2.36. The Bertz CT molecular complexity index is 638. The minimum Gasteiger partial charge on any atom is -0.337 e. The number of carbonyl (C=O) groups is 1. The average molecular weight is 252 g/mol. The molecular weight excluding hydrogens is 236 g/mol. The van der Waals surface area contributed by atoms with E-state index < -0.39 is 0 Å². The first-order valence-electron chi connectivity index (χ1n) is 6.56. The molecular formula is C16H16N2O. The van der Waals surface area contributed by atoms with Crippen molar-refractivity contribution in [1.82, 2.24) is 9.88 Å². The fourth-order valence-electron chi connectivity index (χ4n) is 2.37. The minimum atomic E-state index is 0.0262. The normalized spacial score (nSPS) is 15.8. The molecule has 0 atom stereocenters. The van der Waals surface area contributed by atoms with E-state index in [0.717, 1.165) is 36.8 Å². The number of nitrogens with zero attached hydrogens (tertiary/aromatic N) is 2. The van der Waals surface area contributed by atoms with Gasteiger partial charge in [0.05, 0.1) is 5.52 Å². The summed E-state index contributed by atoms with van der Waals surface area (Å²) in [5, 5.41) is 1.06. The Morgan fingerprint density at radius 2 is 1.84 bits per heavy atom. The lowest BCUT2D eigenvalue weighted by atomic mass is 10.1. The summed E-state index contributed by atoms with van der Waals surface area (Å²) in [6.07, 6.45) is 1.80. The molecule has 96 valence electrons. The fourth-order valence-corrected chi connectivity index (χ4v) is 2.37. The highest BCUT2D eigenvalue weighted by Crippen LogP contribution is 2.17. The lowest BCUT2D eigenvalue weighted by Gasteiger charge is -2.27. The summed E-state index contributed by atoms with van der Waals surface area (Å²) in [5.41, 5.74) is 2.64. The van der Waals surface area contributed by atoms with Crippen molar-refractivity contribution < 1.29 is 4.79 Å². The topological polar surface area (TPSA) is 33.2 Å². The van der Waals surface area contributed by atoms with Gasteiger partial charge < -0.3 is 4.90 Å². The van der Waals surface area contributed by atoms with Gasteiger partial charge >= 0.3 is 0 Å². The zero-order valence-corrected chi connectivity index (χ0v) is 10.8. The Morgan fingerprint density at radius 1 is 1.11 bits per heavy atom. The van der Waals surface area contributed by atoms with Gasteiger partial charge in [-0.3, -0.25) is 4.79 Å². The second-order valence-electron chi connectivity index (χ2n) is 4.93. The van der Waals surface area contributed by atoms with Crippen LogP contribution in [0.5, 0.6) is 0 Å². The van der Waals surface area contributed by atoms with E-state index in [0.29, 0.717) is 5.69 Å². The van der Waals surface area contributed by atoms with E-state index in [9.17, 15) is 4.79 Å². The first-order chi connectivity index (χ1) is 9.24. The van der Waals surface area contributed by atoms with Gasteiger partial charge in [-0.05, 0) is 25.0 Å². The van der Waals surface area contributed by atoms with Crippen molar-refractivity contribution in [2.24, 2.45) is 0 Å². The van der Waals surface area contributed by atoms with E-state index in [1.807, 2.05) is 41.3 Å². The molecule has 2 heterocycles. The van der Waals surface area contributed by atoms with Gasteiger partial charge in [0.2, 0.25) is 0 Å². The monoisotopic (exact) mass is 252 g/mol. The Morgan fingerprint density at radius 3 is 2.63 bits per heavy atom. The molecule has 1 amide bonds. The van der Waals surface area contributed by atoms with Crippen LogP contribution in [-0.2, 0) is 0 Å². The maximum atomic E-state index is 12.4. The molecule has 0 spiro atoms. The molecule has 0 aliphatic carbocycles. The minimum absolute atomic E-state index is 0.0262. The number of hydrogen-bond acceptors (Lipinski definition) is 2. The largest absolute Gasteiger partial charge is 0.337 e. The Labute approximate surface area is 112 Å². The van der Waals surface area contributed by atoms with Crippen LogP contribution in [0.1, 0.15) is 23.3 Å². The summed E-state index contributed by atoms with van der Waals surface area (Å²) in [4.78, 5) is 18.7. The fraction of sp³-hybridized carbons (Fsp3) is 0.250. The van der Waals surface area contributed by atoms with Gasteiger partial charge in [-0.1, -0.05) is 36.4 Å². The van der Waals surface area contributed by atoms with Crippen LogP contribution >= 0.6 is 0 Å². The van der Waals surface area contributed by atoms with Crippen LogP contribution in [-0.4, -0.2) is 28.9 Å². The number of benzene rings is 1. The van der Waals surface area contributed by atoms with Gasteiger partial charge in [0.25, 0.3) is 5.91 Å². The second-order valence-corrected chi connectivity index (χ2v) is 4.93. The Balaban J connectivity index is 1.87. The Kier molecular flexibility index (Phi) is 3.03. The van der Waals surface area contributed by atoms with Crippen molar-refractivity contribution in [1.29, 1.82) is 0 Å². The first-order valence-corrected chi connectivity index (χ1v) is 6.56. The first kappa shape index (κ1) is 11.9. The summed E-state index contributed by atoms with van der Waals surface area (Å²) in [6.45, 7) is 5.48. The molecule has 1 fully saturated rings. The van der Waals surface area contributed by atoms with Crippen LogP contribution < -0.4 is 0 Å². The molecule has 2 aromatic rings. The standard InChI is InChI=1S/C16H16N2O/c1-12-8-10-18(11-9-12)16(19)15-7-6-13-4-2-3-5-14(13)17-15/h2-7H,1,8-11H2. The molecule has 3 nitrogen and oxygen atoms in total. The van der Waals surface area contributed by atoms with Crippen molar-refractivity contribution in [2.75, 3.05) is 13.1 Å². The maximum Gasteiger partial charge on any atom is 0.272 e. The van der Waals surface area contributed by atoms with Crippen molar-refractivity contribution in [3.05, 3.63) is 54.2 Å². The lowest BCUT2D eigenvalue weighted by molar-refractivity contribution is 0.0738. The Hall–Kier alpha value is -2.16. The van der Waals surface area contributed by atoms with Crippen molar-refractivity contribution in [3.8, 4) is 0 Å². The third-order valence-electron chi connectivity index (χ3n) is 3.58.